The zero-order valence-corrected chi connectivity index (χ0v) is 12.2. The fraction of sp³-hybridized carbons (Fsp3) is 0.263. The van der Waals surface area contributed by atoms with Gasteiger partial charge in [0.25, 0.3) is 0 Å². The molecule has 2 heteroatoms. The fourth-order valence-corrected chi connectivity index (χ4v) is 3.36. The van der Waals surface area contributed by atoms with Crippen molar-refractivity contribution in [1.82, 2.24) is 5.32 Å². The first-order valence-corrected chi connectivity index (χ1v) is 7.75. The van der Waals surface area contributed by atoms with Gasteiger partial charge in [0.1, 0.15) is 0 Å². The standard InChI is InChI=1S/C19H20N2/c1-2-5-16-14-17-6-3-7-19(21-12-10-20-11-13-21)18(17)9-8-15(16)4-1/h1-9,20H,10-14H2. The van der Waals surface area contributed by atoms with Gasteiger partial charge < -0.3 is 10.2 Å². The summed E-state index contributed by atoms with van der Waals surface area (Å²) in [6.45, 7) is 4.34. The summed E-state index contributed by atoms with van der Waals surface area (Å²) in [4.78, 5) is 2.51. The third kappa shape index (κ3) is 2.36. The van der Waals surface area contributed by atoms with Crippen LogP contribution in [0.2, 0.25) is 0 Å². The van der Waals surface area contributed by atoms with E-state index in [1.807, 2.05) is 0 Å². The smallest absolute Gasteiger partial charge is 0.0443 e. The predicted molar refractivity (Wildman–Crippen MR) is 89.7 cm³/mol. The van der Waals surface area contributed by atoms with Crippen molar-refractivity contribution < 1.29 is 0 Å². The molecule has 1 N–H and O–H groups in total. The Labute approximate surface area is 126 Å². The molecule has 106 valence electrons. The average molecular weight is 276 g/mol. The van der Waals surface area contributed by atoms with Crippen LogP contribution in [-0.2, 0) is 6.42 Å². The lowest BCUT2D eigenvalue weighted by Crippen LogP contribution is -2.43. The quantitative estimate of drug-likeness (QED) is 0.734. The van der Waals surface area contributed by atoms with Crippen LogP contribution in [0.4, 0.5) is 5.69 Å². The molecular formula is C19H20N2. The molecule has 0 bridgehead atoms. The maximum absolute atomic E-state index is 3.43. The summed E-state index contributed by atoms with van der Waals surface area (Å²) >= 11 is 0. The second-order valence-corrected chi connectivity index (χ2v) is 5.80. The van der Waals surface area contributed by atoms with Crippen molar-refractivity contribution in [3.05, 3.63) is 64.7 Å². The van der Waals surface area contributed by atoms with Gasteiger partial charge >= 0.3 is 0 Å². The summed E-state index contributed by atoms with van der Waals surface area (Å²) in [5, 5.41) is 3.43. The van der Waals surface area contributed by atoms with E-state index >= 15 is 0 Å². The highest BCUT2D eigenvalue weighted by Crippen LogP contribution is 2.31. The fourth-order valence-electron chi connectivity index (χ4n) is 3.36. The summed E-state index contributed by atoms with van der Waals surface area (Å²) < 4.78 is 0. The van der Waals surface area contributed by atoms with Crippen LogP contribution in [0.5, 0.6) is 0 Å². The van der Waals surface area contributed by atoms with E-state index < -0.39 is 0 Å². The number of hydrogen-bond acceptors (Lipinski definition) is 2. The van der Waals surface area contributed by atoms with Crippen molar-refractivity contribution in [3.63, 3.8) is 0 Å². The van der Waals surface area contributed by atoms with Gasteiger partial charge in [0.2, 0.25) is 0 Å². The van der Waals surface area contributed by atoms with Gasteiger partial charge in [0, 0.05) is 37.4 Å². The van der Waals surface area contributed by atoms with Crippen LogP contribution >= 0.6 is 0 Å². The molecule has 0 amide bonds. The number of anilines is 1. The molecule has 1 heterocycles. The van der Waals surface area contributed by atoms with E-state index in [1.54, 1.807) is 0 Å². The molecule has 0 spiro atoms. The van der Waals surface area contributed by atoms with Crippen molar-refractivity contribution in [3.8, 4) is 0 Å². The molecule has 1 aliphatic heterocycles. The van der Waals surface area contributed by atoms with Crippen LogP contribution < -0.4 is 10.2 Å². The lowest BCUT2D eigenvalue weighted by molar-refractivity contribution is 0.589. The zero-order valence-electron chi connectivity index (χ0n) is 12.2. The first-order chi connectivity index (χ1) is 10.4. The Hall–Kier alpha value is -2.06. The predicted octanol–water partition coefficient (Wildman–Crippen LogP) is 3.17. The number of fused-ring (bicyclic) bond motifs is 2. The van der Waals surface area contributed by atoms with E-state index in [2.05, 4.69) is 64.8 Å². The summed E-state index contributed by atoms with van der Waals surface area (Å²) in [6.07, 6.45) is 5.60. The van der Waals surface area contributed by atoms with Crippen LogP contribution in [0.15, 0.2) is 42.5 Å². The molecule has 1 fully saturated rings. The van der Waals surface area contributed by atoms with Crippen LogP contribution in [0, 0.1) is 0 Å². The van der Waals surface area contributed by atoms with Crippen LogP contribution in [0.3, 0.4) is 0 Å². The molecule has 4 rings (SSSR count). The Morgan fingerprint density at radius 2 is 1.62 bits per heavy atom. The molecule has 0 unspecified atom stereocenters. The van der Waals surface area contributed by atoms with Crippen molar-refractivity contribution in [2.24, 2.45) is 0 Å². The Morgan fingerprint density at radius 1 is 0.810 bits per heavy atom. The number of benzene rings is 2. The van der Waals surface area contributed by atoms with E-state index in [9.17, 15) is 0 Å². The molecule has 0 saturated carbocycles. The normalized spacial score (nSPS) is 17.0. The summed E-state index contributed by atoms with van der Waals surface area (Å²) in [5.41, 5.74) is 6.99. The zero-order chi connectivity index (χ0) is 14.1. The van der Waals surface area contributed by atoms with Crippen molar-refractivity contribution in [1.29, 1.82) is 0 Å². The molecule has 2 aromatic rings. The number of piperazine rings is 1. The third-order valence-corrected chi connectivity index (χ3v) is 4.50. The minimum absolute atomic E-state index is 1.03. The lowest BCUT2D eigenvalue weighted by atomic mass is 9.98. The Bertz CT molecular complexity index is 682. The minimum atomic E-state index is 1.03. The van der Waals surface area contributed by atoms with Gasteiger partial charge in [-0.2, -0.15) is 0 Å². The maximum Gasteiger partial charge on any atom is 0.0443 e. The third-order valence-electron chi connectivity index (χ3n) is 4.50. The Morgan fingerprint density at radius 3 is 2.52 bits per heavy atom. The van der Waals surface area contributed by atoms with Crippen molar-refractivity contribution >= 4 is 17.8 Å². The van der Waals surface area contributed by atoms with Gasteiger partial charge in [0.15, 0.2) is 0 Å². The lowest BCUT2D eigenvalue weighted by Gasteiger charge is -2.31. The first kappa shape index (κ1) is 12.7. The summed E-state index contributed by atoms with van der Waals surface area (Å²) in [5.74, 6) is 0. The second kappa shape index (κ2) is 5.38. The Balaban J connectivity index is 1.78. The molecule has 0 aromatic heterocycles. The Kier molecular flexibility index (Phi) is 3.24. The summed E-state index contributed by atoms with van der Waals surface area (Å²) in [6, 6.07) is 15.5. The molecule has 2 aromatic carbocycles. The van der Waals surface area contributed by atoms with Crippen LogP contribution in [-0.4, -0.2) is 26.2 Å². The molecule has 2 aliphatic rings. The average Bonchev–Trinajstić information content (AvgIpc) is 2.74. The largest absolute Gasteiger partial charge is 0.368 e. The molecule has 0 atom stereocenters. The number of hydrogen-bond donors (Lipinski definition) is 1. The van der Waals surface area contributed by atoms with Crippen LogP contribution in [0.25, 0.3) is 12.2 Å². The SMILES string of the molecule is C1=Cc2c(cccc2N2CCNCC2)Cc2ccccc21. The van der Waals surface area contributed by atoms with E-state index in [-0.39, 0.29) is 0 Å². The molecular weight excluding hydrogens is 256 g/mol. The highest BCUT2D eigenvalue weighted by Gasteiger charge is 2.17. The molecule has 21 heavy (non-hydrogen) atoms. The molecule has 1 aliphatic carbocycles. The monoisotopic (exact) mass is 276 g/mol. The number of nitrogens with zero attached hydrogens (tertiary/aromatic N) is 1. The molecule has 0 radical (unpaired) electrons. The highest BCUT2D eigenvalue weighted by molar-refractivity contribution is 5.82. The van der Waals surface area contributed by atoms with Gasteiger partial charge in [-0.05, 0) is 29.2 Å². The minimum Gasteiger partial charge on any atom is -0.368 e. The van der Waals surface area contributed by atoms with Crippen LogP contribution in [0.1, 0.15) is 22.3 Å². The van der Waals surface area contributed by atoms with E-state index in [4.69, 9.17) is 0 Å². The summed E-state index contributed by atoms with van der Waals surface area (Å²) in [7, 11) is 0. The number of nitrogens with one attached hydrogen (secondary N) is 1. The van der Waals surface area contributed by atoms with Gasteiger partial charge in [0.05, 0.1) is 0 Å². The van der Waals surface area contributed by atoms with Crippen molar-refractivity contribution in [2.45, 2.75) is 6.42 Å². The highest BCUT2D eigenvalue weighted by atomic mass is 15.2. The second-order valence-electron chi connectivity index (χ2n) is 5.80. The topological polar surface area (TPSA) is 15.3 Å². The van der Waals surface area contributed by atoms with E-state index in [0.717, 1.165) is 32.6 Å². The van der Waals surface area contributed by atoms with Crippen molar-refractivity contribution in [2.75, 3.05) is 31.1 Å². The maximum atomic E-state index is 3.43. The van der Waals surface area contributed by atoms with Gasteiger partial charge in [-0.3, -0.25) is 0 Å². The first-order valence-electron chi connectivity index (χ1n) is 7.75. The number of rotatable bonds is 1. The molecule has 1 saturated heterocycles. The van der Waals surface area contributed by atoms with Gasteiger partial charge in [-0.1, -0.05) is 48.6 Å². The molecule has 2 nitrogen and oxygen atoms in total. The van der Waals surface area contributed by atoms with E-state index in [1.165, 1.54) is 27.9 Å². The van der Waals surface area contributed by atoms with Gasteiger partial charge in [-0.15, -0.1) is 0 Å². The van der Waals surface area contributed by atoms with Gasteiger partial charge in [-0.25, -0.2) is 0 Å². The van der Waals surface area contributed by atoms with E-state index in [0.29, 0.717) is 0 Å².